The van der Waals surface area contributed by atoms with Gasteiger partial charge in [0, 0.05) is 6.61 Å². The van der Waals surface area contributed by atoms with Crippen LogP contribution in [0.15, 0.2) is 10.7 Å². The molecule has 1 aromatic heterocycles. The molecule has 0 aliphatic carbocycles. The number of ether oxygens (including phenoxy) is 2. The first-order valence-electron chi connectivity index (χ1n) is 4.68. The minimum atomic E-state index is -0.132. The van der Waals surface area contributed by atoms with Crippen molar-refractivity contribution >= 4 is 0 Å². The average Bonchev–Trinajstić information content (AvgIpc) is 2.86. The minimum Gasteiger partial charge on any atom is -0.447 e. The van der Waals surface area contributed by atoms with Crippen molar-refractivity contribution < 1.29 is 19.0 Å². The summed E-state index contributed by atoms with van der Waals surface area (Å²) in [4.78, 5) is 3.90. The number of aromatic nitrogens is 1. The van der Waals surface area contributed by atoms with Crippen LogP contribution in [-0.2, 0) is 11.3 Å². The van der Waals surface area contributed by atoms with Gasteiger partial charge in [-0.15, -0.1) is 0 Å². The van der Waals surface area contributed by atoms with Crippen molar-refractivity contribution in [2.24, 2.45) is 0 Å². The quantitative estimate of drug-likeness (QED) is 0.774. The second kappa shape index (κ2) is 4.43. The normalized spacial score (nSPS) is 21.4. The molecule has 1 aliphatic rings. The SMILES string of the molecule is OCc1coc(OCC2CCCO2)n1. The molecule has 0 radical (unpaired) electrons. The van der Waals surface area contributed by atoms with E-state index in [4.69, 9.17) is 19.0 Å². The van der Waals surface area contributed by atoms with E-state index in [9.17, 15) is 0 Å². The van der Waals surface area contributed by atoms with Gasteiger partial charge in [-0.1, -0.05) is 0 Å². The van der Waals surface area contributed by atoms with E-state index in [1.165, 1.54) is 6.26 Å². The van der Waals surface area contributed by atoms with Crippen LogP contribution in [0.2, 0.25) is 0 Å². The first-order valence-corrected chi connectivity index (χ1v) is 4.68. The number of hydrogen-bond acceptors (Lipinski definition) is 5. The lowest BCUT2D eigenvalue weighted by molar-refractivity contribution is 0.0565. The highest BCUT2D eigenvalue weighted by atomic mass is 16.6. The van der Waals surface area contributed by atoms with Crippen LogP contribution in [-0.4, -0.2) is 29.4 Å². The molecule has 14 heavy (non-hydrogen) atoms. The fourth-order valence-corrected chi connectivity index (χ4v) is 1.37. The molecule has 1 N–H and O–H groups in total. The Bertz CT molecular complexity index is 280. The summed E-state index contributed by atoms with van der Waals surface area (Å²) in [6.45, 7) is 1.14. The average molecular weight is 199 g/mol. The highest BCUT2D eigenvalue weighted by Gasteiger charge is 2.17. The number of oxazole rings is 1. The lowest BCUT2D eigenvalue weighted by Crippen LogP contribution is -2.16. The fraction of sp³-hybridized carbons (Fsp3) is 0.667. The predicted octanol–water partition coefficient (Wildman–Crippen LogP) is 0.725. The Hall–Kier alpha value is -1.07. The molecule has 0 spiro atoms. The maximum absolute atomic E-state index is 8.73. The molecule has 78 valence electrons. The largest absolute Gasteiger partial charge is 0.447 e. The molecule has 1 aliphatic heterocycles. The van der Waals surface area contributed by atoms with Gasteiger partial charge in [0.05, 0.1) is 12.7 Å². The second-order valence-corrected chi connectivity index (χ2v) is 3.21. The zero-order valence-corrected chi connectivity index (χ0v) is 7.81. The van der Waals surface area contributed by atoms with Crippen molar-refractivity contribution in [1.82, 2.24) is 4.98 Å². The molecular weight excluding hydrogens is 186 g/mol. The Morgan fingerprint density at radius 3 is 3.21 bits per heavy atom. The van der Waals surface area contributed by atoms with Crippen molar-refractivity contribution in [3.63, 3.8) is 0 Å². The molecule has 1 unspecified atom stereocenters. The van der Waals surface area contributed by atoms with Crippen molar-refractivity contribution in [3.8, 4) is 6.08 Å². The van der Waals surface area contributed by atoms with E-state index in [1.54, 1.807) is 0 Å². The minimum absolute atomic E-state index is 0.132. The molecule has 0 aromatic carbocycles. The zero-order valence-electron chi connectivity index (χ0n) is 7.81. The lowest BCUT2D eigenvalue weighted by atomic mass is 10.2. The molecule has 1 saturated heterocycles. The van der Waals surface area contributed by atoms with Crippen LogP contribution in [0.1, 0.15) is 18.5 Å². The van der Waals surface area contributed by atoms with Gasteiger partial charge >= 0.3 is 6.08 Å². The Balaban J connectivity index is 1.79. The maximum Gasteiger partial charge on any atom is 0.393 e. The smallest absolute Gasteiger partial charge is 0.393 e. The molecule has 1 aromatic rings. The summed E-state index contributed by atoms with van der Waals surface area (Å²) in [5.41, 5.74) is 0.479. The summed E-state index contributed by atoms with van der Waals surface area (Å²) in [6.07, 6.45) is 3.84. The van der Waals surface area contributed by atoms with Crippen LogP contribution in [0.5, 0.6) is 6.08 Å². The molecule has 5 nitrogen and oxygen atoms in total. The number of rotatable bonds is 4. The summed E-state index contributed by atoms with van der Waals surface area (Å²) < 4.78 is 15.6. The summed E-state index contributed by atoms with van der Waals surface area (Å²) in [5.74, 6) is 0. The monoisotopic (exact) mass is 199 g/mol. The number of nitrogens with zero attached hydrogens (tertiary/aromatic N) is 1. The van der Waals surface area contributed by atoms with Crippen molar-refractivity contribution in [3.05, 3.63) is 12.0 Å². The van der Waals surface area contributed by atoms with E-state index in [2.05, 4.69) is 4.98 Å². The van der Waals surface area contributed by atoms with Gasteiger partial charge in [0.2, 0.25) is 0 Å². The third-order valence-electron chi connectivity index (χ3n) is 2.11. The zero-order chi connectivity index (χ0) is 9.80. The molecule has 2 rings (SSSR count). The highest BCUT2D eigenvalue weighted by molar-refractivity contribution is 4.97. The van der Waals surface area contributed by atoms with Gasteiger partial charge in [-0.05, 0) is 12.8 Å². The third-order valence-corrected chi connectivity index (χ3v) is 2.11. The number of aliphatic hydroxyl groups excluding tert-OH is 1. The van der Waals surface area contributed by atoms with Crippen LogP contribution < -0.4 is 4.74 Å². The van der Waals surface area contributed by atoms with Crippen LogP contribution >= 0.6 is 0 Å². The molecule has 1 atom stereocenters. The number of hydrogen-bond donors (Lipinski definition) is 1. The van der Waals surface area contributed by atoms with Crippen molar-refractivity contribution in [2.45, 2.75) is 25.6 Å². The third kappa shape index (κ3) is 2.24. The van der Waals surface area contributed by atoms with E-state index in [0.29, 0.717) is 12.3 Å². The molecule has 5 heteroatoms. The lowest BCUT2D eigenvalue weighted by Gasteiger charge is -2.07. The van der Waals surface area contributed by atoms with Gasteiger partial charge in [-0.2, -0.15) is 4.98 Å². The van der Waals surface area contributed by atoms with Crippen LogP contribution in [0, 0.1) is 0 Å². The van der Waals surface area contributed by atoms with Gasteiger partial charge in [-0.25, -0.2) is 0 Å². The Kier molecular flexibility index (Phi) is 3.00. The topological polar surface area (TPSA) is 64.7 Å². The van der Waals surface area contributed by atoms with Crippen molar-refractivity contribution in [1.29, 1.82) is 0 Å². The van der Waals surface area contributed by atoms with E-state index >= 15 is 0 Å². The van der Waals surface area contributed by atoms with E-state index in [0.717, 1.165) is 19.4 Å². The summed E-state index contributed by atoms with van der Waals surface area (Å²) in [6, 6.07) is 0. The van der Waals surface area contributed by atoms with Gasteiger partial charge in [-0.3, -0.25) is 0 Å². The fourth-order valence-electron chi connectivity index (χ4n) is 1.37. The molecular formula is C9H13NO4. The van der Waals surface area contributed by atoms with Crippen LogP contribution in [0.3, 0.4) is 0 Å². The van der Waals surface area contributed by atoms with E-state index in [-0.39, 0.29) is 18.8 Å². The first-order chi connectivity index (χ1) is 6.88. The summed E-state index contributed by atoms with van der Waals surface area (Å²) in [5, 5.41) is 8.73. The molecule has 1 fully saturated rings. The Labute approximate surface area is 81.7 Å². The van der Waals surface area contributed by atoms with Gasteiger partial charge < -0.3 is 19.0 Å². The molecule has 0 amide bonds. The van der Waals surface area contributed by atoms with E-state index in [1.807, 2.05) is 0 Å². The van der Waals surface area contributed by atoms with E-state index < -0.39 is 0 Å². The second-order valence-electron chi connectivity index (χ2n) is 3.21. The first kappa shape index (κ1) is 9.48. The molecule has 2 heterocycles. The Morgan fingerprint density at radius 1 is 1.64 bits per heavy atom. The van der Waals surface area contributed by atoms with Gasteiger partial charge in [0.25, 0.3) is 0 Å². The highest BCUT2D eigenvalue weighted by Crippen LogP contribution is 2.15. The van der Waals surface area contributed by atoms with Crippen LogP contribution in [0.4, 0.5) is 0 Å². The molecule has 0 saturated carbocycles. The van der Waals surface area contributed by atoms with Crippen LogP contribution in [0.25, 0.3) is 0 Å². The van der Waals surface area contributed by atoms with Gasteiger partial charge in [0.15, 0.2) is 0 Å². The summed E-state index contributed by atoms with van der Waals surface area (Å²) in [7, 11) is 0. The predicted molar refractivity (Wildman–Crippen MR) is 46.9 cm³/mol. The standard InChI is InChI=1S/C9H13NO4/c11-4-7-5-13-9(10-7)14-6-8-2-1-3-12-8/h5,8,11H,1-4,6H2. The number of aliphatic hydroxyl groups is 1. The maximum atomic E-state index is 8.73. The summed E-state index contributed by atoms with van der Waals surface area (Å²) >= 11 is 0. The Morgan fingerprint density at radius 2 is 2.57 bits per heavy atom. The van der Waals surface area contributed by atoms with Crippen molar-refractivity contribution in [2.75, 3.05) is 13.2 Å². The van der Waals surface area contributed by atoms with Gasteiger partial charge in [0.1, 0.15) is 18.6 Å². The molecule has 0 bridgehead atoms.